The molecule has 0 unspecified atom stereocenters. The fraction of sp³-hybridized carbons (Fsp3) is 0.300. The van der Waals surface area contributed by atoms with E-state index < -0.39 is 17.3 Å². The second-order valence-corrected chi connectivity index (χ2v) is 3.94. The summed E-state index contributed by atoms with van der Waals surface area (Å²) >= 11 is 2.92. The van der Waals surface area contributed by atoms with Gasteiger partial charge in [-0.25, -0.2) is 0 Å². The van der Waals surface area contributed by atoms with Crippen molar-refractivity contribution in [1.29, 1.82) is 0 Å². The van der Waals surface area contributed by atoms with E-state index in [1.54, 1.807) is 0 Å². The van der Waals surface area contributed by atoms with Crippen LogP contribution in [0.15, 0.2) is 21.5 Å². The highest BCUT2D eigenvalue weighted by atomic mass is 79.9. The van der Waals surface area contributed by atoms with Crippen molar-refractivity contribution >= 4 is 15.9 Å². The molecule has 0 radical (unpaired) electrons. The number of terminal acetylenes is 1. The van der Waals surface area contributed by atoms with Crippen LogP contribution in [-0.4, -0.2) is 4.57 Å². The maximum absolute atomic E-state index is 12.5. The van der Waals surface area contributed by atoms with Gasteiger partial charge in [-0.15, -0.1) is 12.3 Å². The van der Waals surface area contributed by atoms with Gasteiger partial charge in [-0.3, -0.25) is 4.79 Å². The number of rotatable bonds is 2. The van der Waals surface area contributed by atoms with Crippen molar-refractivity contribution in [2.45, 2.75) is 19.1 Å². The van der Waals surface area contributed by atoms with Crippen LogP contribution in [0, 0.1) is 12.3 Å². The van der Waals surface area contributed by atoms with Crippen LogP contribution in [0.3, 0.4) is 0 Å². The van der Waals surface area contributed by atoms with Crippen molar-refractivity contribution in [1.82, 2.24) is 4.57 Å². The second kappa shape index (κ2) is 4.74. The monoisotopic (exact) mass is 293 g/mol. The van der Waals surface area contributed by atoms with Gasteiger partial charge in [-0.05, 0) is 22.0 Å². The zero-order valence-corrected chi connectivity index (χ0v) is 9.60. The average molecular weight is 294 g/mol. The van der Waals surface area contributed by atoms with Gasteiger partial charge in [0.1, 0.15) is 5.56 Å². The first-order valence-electron chi connectivity index (χ1n) is 4.27. The Morgan fingerprint density at radius 3 is 2.62 bits per heavy atom. The van der Waals surface area contributed by atoms with Crippen molar-refractivity contribution in [3.05, 3.63) is 32.7 Å². The Morgan fingerprint density at radius 2 is 2.12 bits per heavy atom. The Morgan fingerprint density at radius 1 is 1.50 bits per heavy atom. The van der Waals surface area contributed by atoms with E-state index in [0.29, 0.717) is 0 Å². The molecule has 1 heterocycles. The SMILES string of the molecule is C#CCCn1cc(Br)cc(C(F)(F)F)c1=O. The molecule has 0 aromatic carbocycles. The molecule has 0 aliphatic heterocycles. The summed E-state index contributed by atoms with van der Waals surface area (Å²) in [5, 5.41) is 0. The molecule has 16 heavy (non-hydrogen) atoms. The summed E-state index contributed by atoms with van der Waals surface area (Å²) in [6.07, 6.45) is 1.82. The van der Waals surface area contributed by atoms with E-state index in [4.69, 9.17) is 6.42 Å². The Hall–Kier alpha value is -1.22. The predicted octanol–water partition coefficient (Wildman–Crippen LogP) is 2.65. The van der Waals surface area contributed by atoms with Crippen LogP contribution < -0.4 is 5.56 Å². The third-order valence-corrected chi connectivity index (χ3v) is 2.29. The molecule has 2 nitrogen and oxygen atoms in total. The summed E-state index contributed by atoms with van der Waals surface area (Å²) in [7, 11) is 0. The van der Waals surface area contributed by atoms with Crippen LogP contribution in [0.4, 0.5) is 13.2 Å². The molecule has 0 N–H and O–H groups in total. The molecule has 1 rings (SSSR count). The number of nitrogens with zero attached hydrogens (tertiary/aromatic N) is 1. The molecule has 0 aliphatic carbocycles. The number of aromatic nitrogens is 1. The van der Waals surface area contributed by atoms with Crippen LogP contribution in [0.5, 0.6) is 0 Å². The summed E-state index contributed by atoms with van der Waals surface area (Å²) in [6.45, 7) is 0.0673. The molecule has 0 spiro atoms. The van der Waals surface area contributed by atoms with Crippen LogP contribution in [-0.2, 0) is 12.7 Å². The maximum Gasteiger partial charge on any atom is 0.421 e. The molecule has 0 aliphatic rings. The topological polar surface area (TPSA) is 22.0 Å². The largest absolute Gasteiger partial charge is 0.421 e. The van der Waals surface area contributed by atoms with Gasteiger partial charge in [0, 0.05) is 23.6 Å². The number of alkyl halides is 3. The lowest BCUT2D eigenvalue weighted by atomic mass is 10.2. The molecule has 0 amide bonds. The molecule has 6 heteroatoms. The van der Waals surface area contributed by atoms with Gasteiger partial charge in [-0.2, -0.15) is 13.2 Å². The molecule has 86 valence electrons. The van der Waals surface area contributed by atoms with Gasteiger partial charge in [0.05, 0.1) is 0 Å². The minimum atomic E-state index is -4.65. The van der Waals surface area contributed by atoms with E-state index in [-0.39, 0.29) is 17.4 Å². The van der Waals surface area contributed by atoms with E-state index in [0.717, 1.165) is 10.6 Å². The summed E-state index contributed by atoms with van der Waals surface area (Å²) in [5.41, 5.74) is -2.27. The third kappa shape index (κ3) is 2.89. The van der Waals surface area contributed by atoms with Crippen molar-refractivity contribution < 1.29 is 13.2 Å². The van der Waals surface area contributed by atoms with E-state index in [1.165, 1.54) is 6.20 Å². The summed E-state index contributed by atoms with van der Waals surface area (Å²) < 4.78 is 38.5. The fourth-order valence-electron chi connectivity index (χ4n) is 1.15. The lowest BCUT2D eigenvalue weighted by Gasteiger charge is -2.10. The molecule has 0 saturated heterocycles. The smallest absolute Gasteiger partial charge is 0.313 e. The van der Waals surface area contributed by atoms with Gasteiger partial charge in [0.2, 0.25) is 0 Å². The zero-order chi connectivity index (χ0) is 12.3. The predicted molar refractivity (Wildman–Crippen MR) is 56.9 cm³/mol. The number of aryl methyl sites for hydroxylation is 1. The first kappa shape index (κ1) is 12.8. The summed E-state index contributed by atoms with van der Waals surface area (Å²) in [6, 6.07) is 0.759. The van der Waals surface area contributed by atoms with E-state index in [9.17, 15) is 18.0 Å². The normalized spacial score (nSPS) is 11.2. The van der Waals surface area contributed by atoms with E-state index >= 15 is 0 Å². The van der Waals surface area contributed by atoms with Gasteiger partial charge in [0.25, 0.3) is 5.56 Å². The molecule has 0 bridgehead atoms. The van der Waals surface area contributed by atoms with Gasteiger partial charge in [-0.1, -0.05) is 0 Å². The zero-order valence-electron chi connectivity index (χ0n) is 8.01. The number of pyridine rings is 1. The molecule has 0 saturated carbocycles. The van der Waals surface area contributed by atoms with Gasteiger partial charge in [0.15, 0.2) is 0 Å². The van der Waals surface area contributed by atoms with E-state index in [1.807, 2.05) is 0 Å². The third-order valence-electron chi connectivity index (χ3n) is 1.86. The second-order valence-electron chi connectivity index (χ2n) is 3.02. The van der Waals surface area contributed by atoms with Crippen molar-refractivity contribution in [3.63, 3.8) is 0 Å². The van der Waals surface area contributed by atoms with Gasteiger partial charge < -0.3 is 4.57 Å². The molecule has 0 fully saturated rings. The van der Waals surface area contributed by atoms with Crippen LogP contribution in [0.25, 0.3) is 0 Å². The first-order chi connectivity index (χ1) is 7.36. The van der Waals surface area contributed by atoms with Crippen LogP contribution in [0.1, 0.15) is 12.0 Å². The maximum atomic E-state index is 12.5. The lowest BCUT2D eigenvalue weighted by molar-refractivity contribution is -0.139. The standard InChI is InChI=1S/C10H7BrF3NO/c1-2-3-4-15-6-7(11)5-8(9(15)16)10(12,13)14/h1,5-6H,3-4H2. The molecular formula is C10H7BrF3NO. The number of halogens is 4. The Bertz CT molecular complexity index is 484. The Balaban J connectivity index is 3.28. The van der Waals surface area contributed by atoms with Crippen molar-refractivity contribution in [2.24, 2.45) is 0 Å². The quantitative estimate of drug-likeness (QED) is 0.769. The minimum absolute atomic E-state index is 0.0673. The molecule has 1 aromatic rings. The fourth-order valence-corrected chi connectivity index (χ4v) is 1.63. The van der Waals surface area contributed by atoms with Gasteiger partial charge >= 0.3 is 6.18 Å². The average Bonchev–Trinajstić information content (AvgIpc) is 2.17. The van der Waals surface area contributed by atoms with Crippen molar-refractivity contribution in [2.75, 3.05) is 0 Å². The van der Waals surface area contributed by atoms with Crippen molar-refractivity contribution in [3.8, 4) is 12.3 Å². The summed E-state index contributed by atoms with van der Waals surface area (Å²) in [4.78, 5) is 11.4. The molecule has 0 atom stereocenters. The highest BCUT2D eigenvalue weighted by Crippen LogP contribution is 2.28. The molecular weight excluding hydrogens is 287 g/mol. The highest BCUT2D eigenvalue weighted by molar-refractivity contribution is 9.10. The van der Waals surface area contributed by atoms with E-state index in [2.05, 4.69) is 21.9 Å². The highest BCUT2D eigenvalue weighted by Gasteiger charge is 2.34. The van der Waals surface area contributed by atoms with Crippen LogP contribution in [0.2, 0.25) is 0 Å². The lowest BCUT2D eigenvalue weighted by Crippen LogP contribution is -2.28. The first-order valence-corrected chi connectivity index (χ1v) is 5.06. The Labute approximate surface area is 98.2 Å². The number of hydrogen-bond acceptors (Lipinski definition) is 1. The minimum Gasteiger partial charge on any atom is -0.313 e. The van der Waals surface area contributed by atoms with Crippen LogP contribution >= 0.6 is 15.9 Å². The molecule has 1 aromatic heterocycles. The summed E-state index contributed by atoms with van der Waals surface area (Å²) in [5.74, 6) is 2.26. The number of hydrogen-bond donors (Lipinski definition) is 0. The Kier molecular flexibility index (Phi) is 3.81.